The number of nitrogens with zero attached hydrogens (tertiary/aromatic N) is 2. The SMILES string of the molecule is CCc1cccc2c(C)c(CN(C)C(=O)C=Cc3cnc4c(c3)CCC(=O)N4)[nH]c12. The normalized spacial score (nSPS) is 13.5. The number of aryl methyl sites for hydroxylation is 3. The number of anilines is 1. The van der Waals surface area contributed by atoms with E-state index in [1.54, 1.807) is 30.3 Å². The number of benzene rings is 1. The fourth-order valence-electron chi connectivity index (χ4n) is 3.90. The summed E-state index contributed by atoms with van der Waals surface area (Å²) in [6.07, 6.45) is 7.11. The summed E-state index contributed by atoms with van der Waals surface area (Å²) in [5, 5.41) is 3.98. The van der Waals surface area contributed by atoms with Crippen molar-refractivity contribution in [2.45, 2.75) is 39.7 Å². The summed E-state index contributed by atoms with van der Waals surface area (Å²) in [5.74, 6) is 0.538. The number of aromatic amines is 1. The molecule has 6 nitrogen and oxygen atoms in total. The molecular weight excluding hydrogens is 376 g/mol. The van der Waals surface area contributed by atoms with Gasteiger partial charge >= 0.3 is 0 Å². The number of amides is 2. The Kier molecular flexibility index (Phi) is 5.40. The van der Waals surface area contributed by atoms with Crippen LogP contribution in [0, 0.1) is 6.92 Å². The quantitative estimate of drug-likeness (QED) is 0.634. The van der Waals surface area contributed by atoms with Crippen molar-refractivity contribution < 1.29 is 9.59 Å². The molecule has 0 atom stereocenters. The van der Waals surface area contributed by atoms with Gasteiger partial charge in [-0.1, -0.05) is 25.1 Å². The van der Waals surface area contributed by atoms with Gasteiger partial charge in [0.05, 0.1) is 6.54 Å². The molecule has 2 amide bonds. The van der Waals surface area contributed by atoms with Gasteiger partial charge in [0.25, 0.3) is 0 Å². The second-order valence-electron chi connectivity index (χ2n) is 7.77. The van der Waals surface area contributed by atoms with Crippen molar-refractivity contribution in [1.29, 1.82) is 0 Å². The molecule has 2 aromatic heterocycles. The van der Waals surface area contributed by atoms with E-state index in [1.165, 1.54) is 16.5 Å². The third kappa shape index (κ3) is 3.85. The first-order chi connectivity index (χ1) is 14.5. The van der Waals surface area contributed by atoms with Gasteiger partial charge in [0, 0.05) is 42.3 Å². The zero-order chi connectivity index (χ0) is 21.3. The van der Waals surface area contributed by atoms with E-state index in [2.05, 4.69) is 47.3 Å². The molecule has 1 aromatic carbocycles. The number of nitrogens with one attached hydrogen (secondary N) is 2. The monoisotopic (exact) mass is 402 g/mol. The maximum absolute atomic E-state index is 12.6. The fraction of sp³-hybridized carbons (Fsp3) is 0.292. The Morgan fingerprint density at radius 1 is 1.30 bits per heavy atom. The van der Waals surface area contributed by atoms with E-state index in [0.29, 0.717) is 25.2 Å². The predicted molar refractivity (Wildman–Crippen MR) is 119 cm³/mol. The molecule has 0 saturated heterocycles. The Labute approximate surface area is 176 Å². The van der Waals surface area contributed by atoms with Gasteiger partial charge in [-0.2, -0.15) is 0 Å². The van der Waals surface area contributed by atoms with E-state index in [1.807, 2.05) is 6.07 Å². The molecule has 3 aromatic rings. The van der Waals surface area contributed by atoms with Crippen LogP contribution in [-0.4, -0.2) is 33.7 Å². The molecule has 1 aliphatic heterocycles. The van der Waals surface area contributed by atoms with Crippen LogP contribution >= 0.6 is 0 Å². The number of H-pyrrole nitrogens is 1. The molecule has 0 saturated carbocycles. The number of likely N-dealkylation sites (N-methyl/N-ethyl adjacent to an activating group) is 1. The molecule has 4 rings (SSSR count). The summed E-state index contributed by atoms with van der Waals surface area (Å²) in [4.78, 5) is 33.6. The Balaban J connectivity index is 1.47. The van der Waals surface area contributed by atoms with E-state index in [9.17, 15) is 9.59 Å². The van der Waals surface area contributed by atoms with Crippen LogP contribution in [0.4, 0.5) is 5.82 Å². The minimum atomic E-state index is -0.0743. The van der Waals surface area contributed by atoms with E-state index >= 15 is 0 Å². The minimum Gasteiger partial charge on any atom is -0.356 e. The lowest BCUT2D eigenvalue weighted by Gasteiger charge is -2.16. The number of hydrogen-bond donors (Lipinski definition) is 2. The van der Waals surface area contributed by atoms with Crippen molar-refractivity contribution in [3.8, 4) is 0 Å². The van der Waals surface area contributed by atoms with Crippen LogP contribution in [0.5, 0.6) is 0 Å². The van der Waals surface area contributed by atoms with Gasteiger partial charge < -0.3 is 15.2 Å². The molecule has 154 valence electrons. The first-order valence-electron chi connectivity index (χ1n) is 10.3. The second-order valence-corrected chi connectivity index (χ2v) is 7.77. The van der Waals surface area contributed by atoms with Crippen LogP contribution in [-0.2, 0) is 29.0 Å². The summed E-state index contributed by atoms with van der Waals surface area (Å²) in [6.45, 7) is 4.76. The fourth-order valence-corrected chi connectivity index (χ4v) is 3.90. The molecular formula is C24H26N4O2. The minimum absolute atomic E-state index is 0.00609. The highest BCUT2D eigenvalue weighted by Gasteiger charge is 2.16. The van der Waals surface area contributed by atoms with Crippen molar-refractivity contribution in [2.75, 3.05) is 12.4 Å². The first-order valence-corrected chi connectivity index (χ1v) is 10.3. The van der Waals surface area contributed by atoms with Crippen LogP contribution in [0.25, 0.3) is 17.0 Å². The molecule has 0 bridgehead atoms. The Morgan fingerprint density at radius 2 is 2.13 bits per heavy atom. The summed E-state index contributed by atoms with van der Waals surface area (Å²) in [6, 6.07) is 8.32. The van der Waals surface area contributed by atoms with Gasteiger partial charge in [0.2, 0.25) is 11.8 Å². The largest absolute Gasteiger partial charge is 0.356 e. The number of hydrogen-bond acceptors (Lipinski definition) is 3. The average molecular weight is 402 g/mol. The van der Waals surface area contributed by atoms with E-state index < -0.39 is 0 Å². The summed E-state index contributed by atoms with van der Waals surface area (Å²) in [7, 11) is 1.80. The number of fused-ring (bicyclic) bond motifs is 2. The zero-order valence-electron chi connectivity index (χ0n) is 17.6. The molecule has 0 radical (unpaired) electrons. The van der Waals surface area contributed by atoms with E-state index in [4.69, 9.17) is 0 Å². The van der Waals surface area contributed by atoms with Gasteiger partial charge in [-0.05, 0) is 54.2 Å². The average Bonchev–Trinajstić information content (AvgIpc) is 3.07. The smallest absolute Gasteiger partial charge is 0.246 e. The topological polar surface area (TPSA) is 78.1 Å². The van der Waals surface area contributed by atoms with Crippen molar-refractivity contribution in [3.05, 3.63) is 64.5 Å². The molecule has 1 aliphatic rings. The lowest BCUT2D eigenvalue weighted by Crippen LogP contribution is -2.24. The maximum Gasteiger partial charge on any atom is 0.246 e. The Hall–Kier alpha value is -3.41. The standard InChI is InChI=1S/C24H26N4O2/c1-4-17-6-5-7-19-15(2)20(26-23(17)19)14-28(3)22(30)11-8-16-12-18-9-10-21(29)27-24(18)25-13-16/h5-8,11-13,26H,4,9-10,14H2,1-3H3,(H,25,27,29). The predicted octanol–water partition coefficient (Wildman–Crippen LogP) is 3.99. The van der Waals surface area contributed by atoms with Crippen LogP contribution in [0.15, 0.2) is 36.5 Å². The summed E-state index contributed by atoms with van der Waals surface area (Å²) in [5.41, 5.74) is 6.54. The van der Waals surface area contributed by atoms with Gasteiger partial charge in [0.15, 0.2) is 0 Å². The highest BCUT2D eigenvalue weighted by molar-refractivity contribution is 5.94. The number of aromatic nitrogens is 2. The lowest BCUT2D eigenvalue weighted by molar-refractivity contribution is -0.125. The molecule has 2 N–H and O–H groups in total. The molecule has 3 heterocycles. The number of pyridine rings is 1. The van der Waals surface area contributed by atoms with Crippen LogP contribution in [0.3, 0.4) is 0 Å². The number of carbonyl (C=O) groups is 2. The van der Waals surface area contributed by atoms with Crippen molar-refractivity contribution >= 4 is 34.6 Å². The molecule has 0 spiro atoms. The first kappa shape index (κ1) is 19.9. The number of rotatable bonds is 5. The maximum atomic E-state index is 12.6. The molecule has 0 fully saturated rings. The van der Waals surface area contributed by atoms with Crippen molar-refractivity contribution in [3.63, 3.8) is 0 Å². The number of carbonyl (C=O) groups excluding carboxylic acids is 2. The summed E-state index contributed by atoms with van der Waals surface area (Å²) >= 11 is 0. The molecule has 0 aliphatic carbocycles. The third-order valence-electron chi connectivity index (χ3n) is 5.72. The van der Waals surface area contributed by atoms with Crippen molar-refractivity contribution in [2.24, 2.45) is 0 Å². The van der Waals surface area contributed by atoms with E-state index in [0.717, 1.165) is 28.8 Å². The third-order valence-corrected chi connectivity index (χ3v) is 5.72. The number of para-hydroxylation sites is 1. The highest BCUT2D eigenvalue weighted by atomic mass is 16.2. The molecule has 0 unspecified atom stereocenters. The van der Waals surface area contributed by atoms with Gasteiger partial charge in [-0.15, -0.1) is 0 Å². The van der Waals surface area contributed by atoms with Gasteiger partial charge in [0.1, 0.15) is 5.82 Å². The zero-order valence-corrected chi connectivity index (χ0v) is 17.6. The van der Waals surface area contributed by atoms with E-state index in [-0.39, 0.29) is 11.8 Å². The van der Waals surface area contributed by atoms with Crippen LogP contribution < -0.4 is 5.32 Å². The lowest BCUT2D eigenvalue weighted by atomic mass is 10.0. The van der Waals surface area contributed by atoms with Crippen molar-refractivity contribution in [1.82, 2.24) is 14.9 Å². The Morgan fingerprint density at radius 3 is 2.93 bits per heavy atom. The molecule has 30 heavy (non-hydrogen) atoms. The van der Waals surface area contributed by atoms with Gasteiger partial charge in [-0.25, -0.2) is 4.98 Å². The van der Waals surface area contributed by atoms with Gasteiger partial charge in [-0.3, -0.25) is 9.59 Å². The van der Waals surface area contributed by atoms with Crippen LogP contribution in [0.1, 0.15) is 41.3 Å². The second kappa shape index (κ2) is 8.14. The molecule has 6 heteroatoms. The Bertz CT molecular complexity index is 1160. The highest BCUT2D eigenvalue weighted by Crippen LogP contribution is 2.26. The summed E-state index contributed by atoms with van der Waals surface area (Å²) < 4.78 is 0. The van der Waals surface area contributed by atoms with Crippen LogP contribution in [0.2, 0.25) is 0 Å².